The number of quaternary nitrogens is 1. The Morgan fingerprint density at radius 3 is 2.56 bits per heavy atom. The Labute approximate surface area is 154 Å². The first-order valence-electron chi connectivity index (χ1n) is 8.91. The van der Waals surface area contributed by atoms with Gasteiger partial charge >= 0.3 is 0 Å². The second-order valence-electron chi connectivity index (χ2n) is 6.62. The van der Waals surface area contributed by atoms with Gasteiger partial charge in [0.2, 0.25) is 0 Å². The molecular formula is C19H24ClN5. The van der Waals surface area contributed by atoms with Crippen molar-refractivity contribution in [3.8, 4) is 0 Å². The predicted octanol–water partition coefficient (Wildman–Crippen LogP) is -0.249. The minimum Gasteiger partial charge on any atom is -1.00 e. The monoisotopic (exact) mass is 357 g/mol. The number of hydrogen-bond acceptors (Lipinski definition) is 3. The number of aromatic nitrogens is 4. The predicted molar refractivity (Wildman–Crippen MR) is 94.2 cm³/mol. The van der Waals surface area contributed by atoms with E-state index in [9.17, 15) is 0 Å². The highest BCUT2D eigenvalue weighted by molar-refractivity contribution is 5.78. The van der Waals surface area contributed by atoms with Crippen LogP contribution in [0.2, 0.25) is 0 Å². The Balaban J connectivity index is 0.00000182. The summed E-state index contributed by atoms with van der Waals surface area (Å²) in [5.41, 5.74) is 3.13. The van der Waals surface area contributed by atoms with Gasteiger partial charge in [0.05, 0.1) is 19.9 Å². The van der Waals surface area contributed by atoms with Gasteiger partial charge in [0.25, 0.3) is 5.82 Å². The molecule has 0 bridgehead atoms. The molecule has 25 heavy (non-hydrogen) atoms. The lowest BCUT2D eigenvalue weighted by Gasteiger charge is -2.20. The van der Waals surface area contributed by atoms with E-state index in [1.54, 1.807) is 0 Å². The number of hydrogen-bond donors (Lipinski definition) is 1. The summed E-state index contributed by atoms with van der Waals surface area (Å²) in [7, 11) is 2.03. The van der Waals surface area contributed by atoms with Crippen LogP contribution in [0.25, 0.3) is 11.2 Å². The van der Waals surface area contributed by atoms with Gasteiger partial charge in [-0.05, 0) is 18.4 Å². The molecule has 5 nitrogen and oxygen atoms in total. The maximum Gasteiger partial charge on any atom is 0.256 e. The molecule has 2 aromatic heterocycles. The van der Waals surface area contributed by atoms with E-state index in [1.165, 1.54) is 37.7 Å². The van der Waals surface area contributed by atoms with Crippen LogP contribution in [0.5, 0.6) is 0 Å². The molecule has 4 rings (SSSR count). The van der Waals surface area contributed by atoms with Gasteiger partial charge in [-0.2, -0.15) is 4.98 Å². The smallest absolute Gasteiger partial charge is 0.256 e. The first-order chi connectivity index (χ1) is 11.8. The number of imidazole rings is 1. The minimum atomic E-state index is 0. The zero-order valence-electron chi connectivity index (χ0n) is 14.5. The number of rotatable bonds is 4. The summed E-state index contributed by atoms with van der Waals surface area (Å²) in [6.45, 7) is 0.793. The molecule has 0 amide bonds. The molecule has 1 aliphatic rings. The Morgan fingerprint density at radius 1 is 1.08 bits per heavy atom. The van der Waals surface area contributed by atoms with Crippen LogP contribution < -0.4 is 17.7 Å². The molecule has 0 saturated heterocycles. The van der Waals surface area contributed by atoms with Crippen molar-refractivity contribution in [2.75, 3.05) is 7.05 Å². The van der Waals surface area contributed by atoms with Gasteiger partial charge in [0, 0.05) is 5.92 Å². The Hall–Kier alpha value is -1.98. The molecule has 0 atom stereocenters. The van der Waals surface area contributed by atoms with Gasteiger partial charge in [-0.25, -0.2) is 9.97 Å². The molecule has 132 valence electrons. The second kappa shape index (κ2) is 7.93. The number of halogens is 1. The summed E-state index contributed by atoms with van der Waals surface area (Å²) in [6.07, 6.45) is 8.24. The molecule has 1 aliphatic carbocycles. The number of nitrogens with zero attached hydrogens (tertiary/aromatic N) is 4. The minimum absolute atomic E-state index is 0. The summed E-state index contributed by atoms with van der Waals surface area (Å²) < 4.78 is 2.14. The van der Waals surface area contributed by atoms with Gasteiger partial charge in [-0.3, -0.25) is 5.32 Å². The van der Waals surface area contributed by atoms with Crippen molar-refractivity contribution in [1.82, 2.24) is 19.5 Å². The molecule has 0 spiro atoms. The van der Waals surface area contributed by atoms with Crippen LogP contribution in [-0.2, 0) is 6.54 Å². The van der Waals surface area contributed by atoms with E-state index in [2.05, 4.69) is 39.1 Å². The molecule has 2 N–H and O–H groups in total. The van der Waals surface area contributed by atoms with Crippen molar-refractivity contribution in [2.24, 2.45) is 0 Å². The van der Waals surface area contributed by atoms with Crippen molar-refractivity contribution < 1.29 is 17.7 Å². The van der Waals surface area contributed by atoms with E-state index in [1.807, 2.05) is 19.4 Å². The maximum atomic E-state index is 4.93. The third kappa shape index (κ3) is 3.67. The highest BCUT2D eigenvalue weighted by Crippen LogP contribution is 2.32. The largest absolute Gasteiger partial charge is 1.00 e. The van der Waals surface area contributed by atoms with Gasteiger partial charge in [-0.1, -0.05) is 49.6 Å². The van der Waals surface area contributed by atoms with E-state index < -0.39 is 0 Å². The van der Waals surface area contributed by atoms with Crippen molar-refractivity contribution in [2.45, 2.75) is 44.6 Å². The first-order valence-corrected chi connectivity index (χ1v) is 8.91. The molecular weight excluding hydrogens is 334 g/mol. The van der Waals surface area contributed by atoms with Crippen LogP contribution >= 0.6 is 0 Å². The van der Waals surface area contributed by atoms with Crippen LogP contribution in [0, 0.1) is 0 Å². The van der Waals surface area contributed by atoms with Crippen LogP contribution in [0.15, 0.2) is 36.7 Å². The summed E-state index contributed by atoms with van der Waals surface area (Å²) in [5, 5.41) is 2.05. The molecule has 0 unspecified atom stereocenters. The molecule has 1 fully saturated rings. The highest BCUT2D eigenvalue weighted by Gasteiger charge is 2.22. The van der Waals surface area contributed by atoms with Crippen molar-refractivity contribution in [1.29, 1.82) is 0 Å². The Kier molecular flexibility index (Phi) is 5.66. The topological polar surface area (TPSA) is 60.2 Å². The fourth-order valence-electron chi connectivity index (χ4n) is 3.62. The number of benzene rings is 1. The molecule has 0 aliphatic heterocycles. The standard InChI is InChI=1S/C19H23N5.ClH/c1-20-18-16-19(23-17(22-18)15-10-6-3-7-11-15)24(13-21-16)12-14-8-4-2-5-9-14;/h2,4-5,8-9,13,15H,3,6-7,10-12H2,1H3,(H,20,22,23);1H. The van der Waals surface area contributed by atoms with Crippen LogP contribution in [0.4, 0.5) is 5.82 Å². The van der Waals surface area contributed by atoms with E-state index in [4.69, 9.17) is 9.97 Å². The zero-order chi connectivity index (χ0) is 16.4. The molecule has 1 aromatic carbocycles. The van der Waals surface area contributed by atoms with Crippen LogP contribution in [0.3, 0.4) is 0 Å². The van der Waals surface area contributed by atoms with Crippen LogP contribution in [-0.4, -0.2) is 26.6 Å². The summed E-state index contributed by atoms with van der Waals surface area (Å²) in [6, 6.07) is 10.5. The summed E-state index contributed by atoms with van der Waals surface area (Å²) in [5.74, 6) is 2.47. The Morgan fingerprint density at radius 2 is 1.84 bits per heavy atom. The first kappa shape index (κ1) is 17.8. The average Bonchev–Trinajstić information content (AvgIpc) is 3.05. The van der Waals surface area contributed by atoms with Gasteiger partial charge in [0.15, 0.2) is 11.2 Å². The van der Waals surface area contributed by atoms with E-state index in [-0.39, 0.29) is 12.4 Å². The van der Waals surface area contributed by atoms with Crippen molar-refractivity contribution >= 4 is 17.0 Å². The molecule has 0 radical (unpaired) electrons. The fraction of sp³-hybridized carbons (Fsp3) is 0.421. The Bertz CT molecular complexity index is 824. The lowest BCUT2D eigenvalue weighted by atomic mass is 9.89. The second-order valence-corrected chi connectivity index (χ2v) is 6.62. The number of nitrogens with two attached hydrogens (primary N) is 1. The lowest BCUT2D eigenvalue weighted by molar-refractivity contribution is -0.542. The van der Waals surface area contributed by atoms with Crippen LogP contribution in [0.1, 0.15) is 49.4 Å². The maximum absolute atomic E-state index is 4.93. The van der Waals surface area contributed by atoms with E-state index >= 15 is 0 Å². The highest BCUT2D eigenvalue weighted by atomic mass is 35.5. The van der Waals surface area contributed by atoms with Crippen molar-refractivity contribution in [3.63, 3.8) is 0 Å². The third-order valence-electron chi connectivity index (χ3n) is 4.95. The molecule has 6 heteroatoms. The lowest BCUT2D eigenvalue weighted by Crippen LogP contribution is -3.00. The van der Waals surface area contributed by atoms with E-state index in [0.717, 1.165) is 29.4 Å². The average molecular weight is 358 g/mol. The third-order valence-corrected chi connectivity index (χ3v) is 4.95. The summed E-state index contributed by atoms with van der Waals surface area (Å²) in [4.78, 5) is 14.3. The normalized spacial score (nSPS) is 15.2. The van der Waals surface area contributed by atoms with Gasteiger partial charge < -0.3 is 17.0 Å². The van der Waals surface area contributed by atoms with E-state index in [0.29, 0.717) is 5.92 Å². The van der Waals surface area contributed by atoms with Gasteiger partial charge in [-0.15, -0.1) is 0 Å². The molecule has 2 heterocycles. The van der Waals surface area contributed by atoms with Crippen molar-refractivity contribution in [3.05, 3.63) is 48.0 Å². The van der Waals surface area contributed by atoms with Gasteiger partial charge in [0.1, 0.15) is 5.82 Å². The zero-order valence-corrected chi connectivity index (χ0v) is 15.3. The number of fused-ring (bicyclic) bond motifs is 1. The molecule has 3 aromatic rings. The fourth-order valence-corrected chi connectivity index (χ4v) is 3.62. The quantitative estimate of drug-likeness (QED) is 0.700. The summed E-state index contributed by atoms with van der Waals surface area (Å²) >= 11 is 0. The SMILES string of the molecule is C[NH2+]c1nc(C2CCCCC2)nc2c1ncn2Cc1ccccc1.[Cl-]. The molecule has 1 saturated carbocycles.